The highest BCUT2D eigenvalue weighted by Crippen LogP contribution is 2.20. The van der Waals surface area contributed by atoms with E-state index in [-0.39, 0.29) is 5.91 Å². The van der Waals surface area contributed by atoms with Gasteiger partial charge in [-0.3, -0.25) is 14.5 Å². The summed E-state index contributed by atoms with van der Waals surface area (Å²) in [5.74, 6) is -0.287. The van der Waals surface area contributed by atoms with E-state index in [1.165, 1.54) is 0 Å². The highest BCUT2D eigenvalue weighted by Gasteiger charge is 2.26. The van der Waals surface area contributed by atoms with Gasteiger partial charge in [0.1, 0.15) is 11.6 Å². The first-order valence-electron chi connectivity index (χ1n) is 9.18. The third-order valence-corrected chi connectivity index (χ3v) is 4.39. The number of nitrogens with two attached hydrogens (primary N) is 1. The Kier molecular flexibility index (Phi) is 6.42. The lowest BCUT2D eigenvalue weighted by molar-refractivity contribution is -0.156. The first kappa shape index (κ1) is 20.4. The van der Waals surface area contributed by atoms with Crippen molar-refractivity contribution in [3.63, 3.8) is 0 Å². The molecule has 144 valence electrons. The van der Waals surface area contributed by atoms with E-state index in [1.807, 2.05) is 49.9 Å². The summed E-state index contributed by atoms with van der Waals surface area (Å²) < 4.78 is 5.31. The molecule has 6 nitrogen and oxygen atoms in total. The van der Waals surface area contributed by atoms with Crippen LogP contribution in [0.1, 0.15) is 40.2 Å². The smallest absolute Gasteiger partial charge is 0.323 e. The molecule has 2 N–H and O–H groups in total. The zero-order valence-corrected chi connectivity index (χ0v) is 16.5. The highest BCUT2D eigenvalue weighted by atomic mass is 16.6. The molecule has 0 aliphatic carbocycles. The van der Waals surface area contributed by atoms with Crippen molar-refractivity contribution in [2.45, 2.75) is 58.7 Å². The summed E-state index contributed by atoms with van der Waals surface area (Å²) in [5, 5.41) is 0. The van der Waals surface area contributed by atoms with Crippen LogP contribution in [-0.4, -0.2) is 54.1 Å². The zero-order chi connectivity index (χ0) is 19.5. The van der Waals surface area contributed by atoms with Gasteiger partial charge < -0.3 is 15.4 Å². The molecule has 1 aromatic carbocycles. The molecule has 1 saturated heterocycles. The molecular weight excluding hydrogens is 330 g/mol. The maximum atomic E-state index is 12.4. The van der Waals surface area contributed by atoms with Gasteiger partial charge in [0.05, 0.1) is 6.54 Å². The molecule has 1 fully saturated rings. The van der Waals surface area contributed by atoms with Gasteiger partial charge in [-0.25, -0.2) is 0 Å². The second kappa shape index (κ2) is 8.18. The van der Waals surface area contributed by atoms with Crippen molar-refractivity contribution in [2.24, 2.45) is 5.73 Å². The summed E-state index contributed by atoms with van der Waals surface area (Å²) in [6, 6.07) is 7.35. The molecule has 0 saturated carbocycles. The van der Waals surface area contributed by atoms with Gasteiger partial charge >= 0.3 is 5.97 Å². The van der Waals surface area contributed by atoms with Gasteiger partial charge in [-0.05, 0) is 58.7 Å². The average Bonchev–Trinajstić information content (AvgIpc) is 2.54. The molecule has 1 amide bonds. The summed E-state index contributed by atoms with van der Waals surface area (Å²) in [6.45, 7) is 11.7. The topological polar surface area (TPSA) is 75.9 Å². The van der Waals surface area contributed by atoms with E-state index in [1.54, 1.807) is 0 Å². The summed E-state index contributed by atoms with van der Waals surface area (Å²) >= 11 is 0. The van der Waals surface area contributed by atoms with Crippen molar-refractivity contribution in [3.05, 3.63) is 29.8 Å². The Morgan fingerprint density at radius 3 is 2.31 bits per heavy atom. The van der Waals surface area contributed by atoms with Crippen LogP contribution < -0.4 is 10.6 Å². The first-order chi connectivity index (χ1) is 12.1. The number of hydrogen-bond donors (Lipinski definition) is 1. The Morgan fingerprint density at radius 1 is 1.19 bits per heavy atom. The molecular formula is C20H31N3O3. The predicted octanol–water partition coefficient (Wildman–Crippen LogP) is 1.96. The van der Waals surface area contributed by atoms with Crippen molar-refractivity contribution in [1.82, 2.24) is 4.90 Å². The van der Waals surface area contributed by atoms with Crippen LogP contribution in [0.15, 0.2) is 24.3 Å². The number of rotatable bonds is 5. The number of hydrogen-bond acceptors (Lipinski definition) is 5. The van der Waals surface area contributed by atoms with Crippen molar-refractivity contribution in [2.75, 3.05) is 24.5 Å². The number of nitrogens with zero attached hydrogens (tertiary/aromatic N) is 2. The Hall–Kier alpha value is -1.92. The summed E-state index contributed by atoms with van der Waals surface area (Å²) in [6.07, 6.45) is 0.407. The lowest BCUT2D eigenvalue weighted by Crippen LogP contribution is -2.52. The fourth-order valence-corrected chi connectivity index (χ4v) is 2.93. The number of ether oxygens (including phenoxy) is 1. The van der Waals surface area contributed by atoms with Gasteiger partial charge in [0.15, 0.2) is 0 Å². The van der Waals surface area contributed by atoms with Gasteiger partial charge in [0.25, 0.3) is 0 Å². The Labute approximate surface area is 156 Å². The molecule has 2 rings (SSSR count). The fourth-order valence-electron chi connectivity index (χ4n) is 2.93. The number of piperazine rings is 1. The van der Waals surface area contributed by atoms with E-state index in [2.05, 4.69) is 18.7 Å². The quantitative estimate of drug-likeness (QED) is 0.812. The van der Waals surface area contributed by atoms with Crippen LogP contribution in [0.5, 0.6) is 0 Å². The lowest BCUT2D eigenvalue weighted by atomic mass is 10.1. The molecule has 6 heteroatoms. The van der Waals surface area contributed by atoms with Crippen LogP contribution in [0.25, 0.3) is 0 Å². The monoisotopic (exact) mass is 361 g/mol. The summed E-state index contributed by atoms with van der Waals surface area (Å²) in [5.41, 5.74) is 7.24. The minimum Gasteiger partial charge on any atom is -0.459 e. The molecule has 1 atom stereocenters. The second-order valence-electron chi connectivity index (χ2n) is 8.12. The van der Waals surface area contributed by atoms with E-state index < -0.39 is 17.6 Å². The van der Waals surface area contributed by atoms with Crippen molar-refractivity contribution >= 4 is 17.6 Å². The third-order valence-electron chi connectivity index (χ3n) is 4.39. The van der Waals surface area contributed by atoms with E-state index in [0.29, 0.717) is 25.6 Å². The lowest BCUT2D eigenvalue weighted by Gasteiger charge is -2.36. The number of carbonyl (C=O) groups excluding carboxylic acids is 2. The number of amides is 1. The molecule has 1 aromatic rings. The highest BCUT2D eigenvalue weighted by molar-refractivity contribution is 5.95. The zero-order valence-electron chi connectivity index (χ0n) is 16.5. The Bertz CT molecular complexity index is 635. The standard InChI is InChI=1S/C20H31N3O3/c1-14(2)22-10-11-23(18(24)13-22)16-8-6-15(7-9-16)12-17(21)19(25)26-20(3,4)5/h6-9,14,17H,10-13,21H2,1-5H3. The number of esters is 1. The maximum Gasteiger partial charge on any atom is 0.323 e. The van der Waals surface area contributed by atoms with Crippen LogP contribution in [0.3, 0.4) is 0 Å². The van der Waals surface area contributed by atoms with Crippen molar-refractivity contribution in [1.29, 1.82) is 0 Å². The van der Waals surface area contributed by atoms with Crippen LogP contribution in [0.2, 0.25) is 0 Å². The van der Waals surface area contributed by atoms with Crippen LogP contribution in [0, 0.1) is 0 Å². The molecule has 1 aliphatic rings. The molecule has 0 spiro atoms. The van der Waals surface area contributed by atoms with Gasteiger partial charge in [0.2, 0.25) is 5.91 Å². The SMILES string of the molecule is CC(C)N1CCN(c2ccc(CC(N)C(=O)OC(C)(C)C)cc2)C(=O)C1. The number of anilines is 1. The first-order valence-corrected chi connectivity index (χ1v) is 9.18. The van der Waals surface area contributed by atoms with Crippen LogP contribution in [-0.2, 0) is 20.7 Å². The van der Waals surface area contributed by atoms with E-state index in [9.17, 15) is 9.59 Å². The Balaban J connectivity index is 1.96. The molecule has 0 bridgehead atoms. The minimum atomic E-state index is -0.698. The minimum absolute atomic E-state index is 0.114. The summed E-state index contributed by atoms with van der Waals surface area (Å²) in [7, 11) is 0. The fraction of sp³-hybridized carbons (Fsp3) is 0.600. The average molecular weight is 361 g/mol. The number of carbonyl (C=O) groups is 2. The van der Waals surface area contributed by atoms with E-state index in [0.717, 1.165) is 17.8 Å². The van der Waals surface area contributed by atoms with Crippen molar-refractivity contribution in [3.8, 4) is 0 Å². The molecule has 1 heterocycles. The summed E-state index contributed by atoms with van der Waals surface area (Å²) in [4.78, 5) is 28.4. The number of benzene rings is 1. The third kappa shape index (κ3) is 5.54. The van der Waals surface area contributed by atoms with Gasteiger partial charge in [-0.2, -0.15) is 0 Å². The van der Waals surface area contributed by atoms with Crippen LogP contribution >= 0.6 is 0 Å². The largest absolute Gasteiger partial charge is 0.459 e. The predicted molar refractivity (Wildman–Crippen MR) is 103 cm³/mol. The molecule has 0 radical (unpaired) electrons. The molecule has 1 aliphatic heterocycles. The maximum absolute atomic E-state index is 12.4. The Morgan fingerprint density at radius 2 is 1.81 bits per heavy atom. The molecule has 1 unspecified atom stereocenters. The molecule has 26 heavy (non-hydrogen) atoms. The van der Waals surface area contributed by atoms with Crippen LogP contribution in [0.4, 0.5) is 5.69 Å². The van der Waals surface area contributed by atoms with E-state index in [4.69, 9.17) is 10.5 Å². The second-order valence-corrected chi connectivity index (χ2v) is 8.12. The normalized spacial score (nSPS) is 17.5. The van der Waals surface area contributed by atoms with Gasteiger partial charge in [-0.15, -0.1) is 0 Å². The molecule has 0 aromatic heterocycles. The van der Waals surface area contributed by atoms with E-state index >= 15 is 0 Å². The van der Waals surface area contributed by atoms with Gasteiger partial charge in [0, 0.05) is 24.8 Å². The van der Waals surface area contributed by atoms with Crippen molar-refractivity contribution < 1.29 is 14.3 Å². The van der Waals surface area contributed by atoms with Gasteiger partial charge in [-0.1, -0.05) is 12.1 Å².